The van der Waals surface area contributed by atoms with E-state index < -0.39 is 0 Å². The molecule has 15 heavy (non-hydrogen) atoms. The maximum absolute atomic E-state index is 10.1. The highest BCUT2D eigenvalue weighted by Gasteiger charge is 2.23. The van der Waals surface area contributed by atoms with E-state index in [1.165, 1.54) is 5.56 Å². The van der Waals surface area contributed by atoms with E-state index in [4.69, 9.17) is 0 Å². The van der Waals surface area contributed by atoms with E-state index in [1.807, 2.05) is 13.0 Å². The van der Waals surface area contributed by atoms with E-state index in [1.54, 1.807) is 0 Å². The first kappa shape index (κ1) is 11.0. The van der Waals surface area contributed by atoms with Crippen LogP contribution in [0.5, 0.6) is 5.75 Å². The van der Waals surface area contributed by atoms with Gasteiger partial charge < -0.3 is 10.4 Å². The van der Waals surface area contributed by atoms with E-state index in [9.17, 15) is 5.11 Å². The molecule has 1 heterocycles. The minimum absolute atomic E-state index is 0.459. The summed E-state index contributed by atoms with van der Waals surface area (Å²) in [4.78, 5) is 0. The maximum atomic E-state index is 10.1. The van der Waals surface area contributed by atoms with Crippen LogP contribution in [0.3, 0.4) is 0 Å². The average Bonchev–Trinajstić information content (AvgIpc) is 2.69. The van der Waals surface area contributed by atoms with Gasteiger partial charge in [0.05, 0.1) is 0 Å². The third-order valence-electron chi connectivity index (χ3n) is 3.20. The number of nitrogens with one attached hydrogen (secondary N) is 1. The van der Waals surface area contributed by atoms with Crippen LogP contribution in [0.15, 0.2) is 10.5 Å². The molecular formula is C12H16BrNO. The molecule has 1 saturated heterocycles. The molecule has 1 atom stereocenters. The minimum Gasteiger partial charge on any atom is -0.507 e. The minimum atomic E-state index is 0.459. The standard InChI is InChI=1S/C12H16BrNO/c1-7-5-10(13)8(2)11(12(7)15)9-3-4-14-6-9/h5,9,14-15H,3-4,6H2,1-2H3. The van der Waals surface area contributed by atoms with Gasteiger partial charge in [0.2, 0.25) is 0 Å². The third-order valence-corrected chi connectivity index (χ3v) is 4.03. The van der Waals surface area contributed by atoms with Crippen LogP contribution in [-0.2, 0) is 0 Å². The molecule has 1 aromatic carbocycles. The summed E-state index contributed by atoms with van der Waals surface area (Å²) in [6.45, 7) is 6.04. The molecule has 1 aromatic rings. The first-order valence-electron chi connectivity index (χ1n) is 5.30. The Morgan fingerprint density at radius 1 is 1.47 bits per heavy atom. The molecule has 1 unspecified atom stereocenters. The molecule has 2 rings (SSSR count). The molecule has 0 bridgehead atoms. The number of aryl methyl sites for hydroxylation is 1. The normalized spacial score (nSPS) is 20.9. The van der Waals surface area contributed by atoms with Crippen LogP contribution in [0, 0.1) is 13.8 Å². The SMILES string of the molecule is Cc1cc(Br)c(C)c(C2CCNC2)c1O. The summed E-state index contributed by atoms with van der Waals surface area (Å²) in [7, 11) is 0. The van der Waals surface area contributed by atoms with Crippen molar-refractivity contribution in [2.45, 2.75) is 26.2 Å². The van der Waals surface area contributed by atoms with Crippen molar-refractivity contribution in [3.63, 3.8) is 0 Å². The van der Waals surface area contributed by atoms with E-state index in [2.05, 4.69) is 28.2 Å². The molecule has 0 saturated carbocycles. The van der Waals surface area contributed by atoms with Crippen molar-refractivity contribution in [3.8, 4) is 5.75 Å². The lowest BCUT2D eigenvalue weighted by atomic mass is 9.91. The van der Waals surface area contributed by atoms with E-state index >= 15 is 0 Å². The molecule has 1 fully saturated rings. The summed E-state index contributed by atoms with van der Waals surface area (Å²) >= 11 is 3.55. The molecule has 2 N–H and O–H groups in total. The summed E-state index contributed by atoms with van der Waals surface area (Å²) in [5.41, 5.74) is 3.24. The Kier molecular flexibility index (Phi) is 3.03. The average molecular weight is 270 g/mol. The van der Waals surface area contributed by atoms with Gasteiger partial charge in [-0.15, -0.1) is 0 Å². The van der Waals surface area contributed by atoms with Gasteiger partial charge in [0.15, 0.2) is 0 Å². The maximum Gasteiger partial charge on any atom is 0.122 e. The smallest absolute Gasteiger partial charge is 0.122 e. The van der Waals surface area contributed by atoms with Crippen molar-refractivity contribution < 1.29 is 5.11 Å². The van der Waals surface area contributed by atoms with Gasteiger partial charge in [0, 0.05) is 22.5 Å². The first-order valence-corrected chi connectivity index (χ1v) is 6.10. The highest BCUT2D eigenvalue weighted by molar-refractivity contribution is 9.10. The van der Waals surface area contributed by atoms with Crippen LogP contribution in [-0.4, -0.2) is 18.2 Å². The van der Waals surface area contributed by atoms with Gasteiger partial charge in [0.25, 0.3) is 0 Å². The first-order chi connectivity index (χ1) is 7.11. The number of hydrogen-bond donors (Lipinski definition) is 2. The predicted octanol–water partition coefficient (Wildman–Crippen LogP) is 2.85. The zero-order valence-corrected chi connectivity index (χ0v) is 10.7. The van der Waals surface area contributed by atoms with Crippen molar-refractivity contribution in [1.82, 2.24) is 5.32 Å². The van der Waals surface area contributed by atoms with Gasteiger partial charge in [-0.3, -0.25) is 0 Å². The molecule has 3 heteroatoms. The van der Waals surface area contributed by atoms with Crippen molar-refractivity contribution in [2.75, 3.05) is 13.1 Å². The van der Waals surface area contributed by atoms with E-state index in [-0.39, 0.29) is 0 Å². The summed E-state index contributed by atoms with van der Waals surface area (Å²) in [5.74, 6) is 0.936. The predicted molar refractivity (Wildman–Crippen MR) is 65.5 cm³/mol. The Morgan fingerprint density at radius 3 is 2.80 bits per heavy atom. The fraction of sp³-hybridized carbons (Fsp3) is 0.500. The van der Waals surface area contributed by atoms with Crippen LogP contribution in [0.4, 0.5) is 0 Å². The number of phenols is 1. The van der Waals surface area contributed by atoms with Crippen LogP contribution < -0.4 is 5.32 Å². The largest absolute Gasteiger partial charge is 0.507 e. The van der Waals surface area contributed by atoms with E-state index in [0.29, 0.717) is 11.7 Å². The summed E-state index contributed by atoms with van der Waals surface area (Å²) in [6, 6.07) is 1.98. The van der Waals surface area contributed by atoms with Crippen molar-refractivity contribution in [2.24, 2.45) is 0 Å². The molecule has 2 nitrogen and oxygen atoms in total. The monoisotopic (exact) mass is 269 g/mol. The third kappa shape index (κ3) is 1.91. The Labute approximate surface area is 98.8 Å². The fourth-order valence-electron chi connectivity index (χ4n) is 2.29. The Bertz CT molecular complexity index is 357. The molecule has 0 aliphatic carbocycles. The number of benzene rings is 1. The van der Waals surface area contributed by atoms with Gasteiger partial charge in [-0.05, 0) is 44.0 Å². The lowest BCUT2D eigenvalue weighted by Gasteiger charge is -2.17. The van der Waals surface area contributed by atoms with Crippen molar-refractivity contribution in [1.29, 1.82) is 0 Å². The second-order valence-electron chi connectivity index (χ2n) is 4.25. The van der Waals surface area contributed by atoms with Gasteiger partial charge in [-0.1, -0.05) is 15.9 Å². The van der Waals surface area contributed by atoms with Gasteiger partial charge in [0.1, 0.15) is 5.75 Å². The topological polar surface area (TPSA) is 32.3 Å². The lowest BCUT2D eigenvalue weighted by Crippen LogP contribution is -2.09. The highest BCUT2D eigenvalue weighted by Crippen LogP contribution is 2.38. The van der Waals surface area contributed by atoms with Gasteiger partial charge >= 0.3 is 0 Å². The van der Waals surface area contributed by atoms with Gasteiger partial charge in [-0.25, -0.2) is 0 Å². The highest BCUT2D eigenvalue weighted by atomic mass is 79.9. The number of hydrogen-bond acceptors (Lipinski definition) is 2. The van der Waals surface area contributed by atoms with Crippen LogP contribution >= 0.6 is 15.9 Å². The van der Waals surface area contributed by atoms with Crippen LogP contribution in [0.2, 0.25) is 0 Å². The molecule has 1 aliphatic rings. The molecule has 0 spiro atoms. The van der Waals surface area contributed by atoms with E-state index in [0.717, 1.165) is 35.1 Å². The van der Waals surface area contributed by atoms with Crippen molar-refractivity contribution >= 4 is 15.9 Å². The summed E-state index contributed by atoms with van der Waals surface area (Å²) in [6.07, 6.45) is 1.12. The zero-order valence-electron chi connectivity index (χ0n) is 9.10. The summed E-state index contributed by atoms with van der Waals surface area (Å²) < 4.78 is 1.10. The fourth-order valence-corrected chi connectivity index (χ4v) is 2.84. The van der Waals surface area contributed by atoms with Crippen LogP contribution in [0.1, 0.15) is 29.0 Å². The number of aromatic hydroxyl groups is 1. The van der Waals surface area contributed by atoms with Gasteiger partial charge in [-0.2, -0.15) is 0 Å². The number of halogens is 1. The second kappa shape index (κ2) is 4.14. The number of rotatable bonds is 1. The zero-order chi connectivity index (χ0) is 11.0. The molecular weight excluding hydrogens is 254 g/mol. The summed E-state index contributed by atoms with van der Waals surface area (Å²) in [5, 5.41) is 13.5. The Morgan fingerprint density at radius 2 is 2.20 bits per heavy atom. The molecule has 0 amide bonds. The lowest BCUT2D eigenvalue weighted by molar-refractivity contribution is 0.457. The molecule has 0 aromatic heterocycles. The van der Waals surface area contributed by atoms with Crippen molar-refractivity contribution in [3.05, 3.63) is 27.2 Å². The number of phenolic OH excluding ortho intramolecular Hbond substituents is 1. The molecule has 0 radical (unpaired) electrons. The molecule has 82 valence electrons. The Hall–Kier alpha value is -0.540. The Balaban J connectivity index is 2.52. The molecule has 1 aliphatic heterocycles. The quantitative estimate of drug-likeness (QED) is 0.822. The van der Waals surface area contributed by atoms with Crippen LogP contribution in [0.25, 0.3) is 0 Å². The second-order valence-corrected chi connectivity index (χ2v) is 5.11.